The number of amides is 2. The maximum atomic E-state index is 13.3. The summed E-state index contributed by atoms with van der Waals surface area (Å²) in [5, 5.41) is 2.99. The summed E-state index contributed by atoms with van der Waals surface area (Å²) in [5.41, 5.74) is 0.545. The molecule has 0 aliphatic carbocycles. The number of hydrogen-bond acceptors (Lipinski definition) is 5. The highest BCUT2D eigenvalue weighted by Gasteiger charge is 2.33. The van der Waals surface area contributed by atoms with Gasteiger partial charge in [0.05, 0.1) is 7.11 Å². The van der Waals surface area contributed by atoms with Crippen molar-refractivity contribution in [1.29, 1.82) is 0 Å². The first-order valence-corrected chi connectivity index (χ1v) is 12.8. The third-order valence-electron chi connectivity index (χ3n) is 6.85. The van der Waals surface area contributed by atoms with Gasteiger partial charge in [0.2, 0.25) is 5.91 Å². The van der Waals surface area contributed by atoms with Gasteiger partial charge < -0.3 is 19.9 Å². The molecule has 0 aromatic heterocycles. The lowest BCUT2D eigenvalue weighted by Crippen LogP contribution is -2.51. The van der Waals surface area contributed by atoms with Crippen LogP contribution in [0.1, 0.15) is 42.5 Å². The van der Waals surface area contributed by atoms with E-state index in [9.17, 15) is 9.59 Å². The Labute approximate surface area is 191 Å². The highest BCUT2D eigenvalue weighted by molar-refractivity contribution is 7.98. The lowest BCUT2D eigenvalue weighted by Gasteiger charge is -2.40. The number of methoxy groups -OCH3 is 1. The van der Waals surface area contributed by atoms with Gasteiger partial charge in [0.1, 0.15) is 11.8 Å². The number of likely N-dealkylation sites (tertiary alicyclic amines) is 2. The van der Waals surface area contributed by atoms with Gasteiger partial charge >= 0.3 is 0 Å². The zero-order chi connectivity index (χ0) is 22.2. The lowest BCUT2D eigenvalue weighted by molar-refractivity contribution is -0.135. The first-order chi connectivity index (χ1) is 15.0. The van der Waals surface area contributed by atoms with Crippen molar-refractivity contribution >= 4 is 23.6 Å². The van der Waals surface area contributed by atoms with Crippen LogP contribution in [0.15, 0.2) is 24.3 Å². The molecule has 1 N–H and O–H groups in total. The SMILES string of the molecule is COc1ccc(C(=O)N[C@H](CCSC)C(=O)N2CCC(C3CCN(C)CC3)CC2)cc1. The summed E-state index contributed by atoms with van der Waals surface area (Å²) >= 11 is 1.70. The molecule has 0 unspecified atom stereocenters. The molecular formula is C24H37N3O3S. The third-order valence-corrected chi connectivity index (χ3v) is 7.49. The van der Waals surface area contributed by atoms with E-state index in [4.69, 9.17) is 4.74 Å². The van der Waals surface area contributed by atoms with Crippen LogP contribution in [-0.2, 0) is 4.79 Å². The predicted molar refractivity (Wildman–Crippen MR) is 127 cm³/mol. The average molecular weight is 448 g/mol. The molecule has 2 amide bonds. The largest absolute Gasteiger partial charge is 0.497 e. The van der Waals surface area contributed by atoms with Crippen molar-refractivity contribution in [1.82, 2.24) is 15.1 Å². The maximum absolute atomic E-state index is 13.3. The number of hydrogen-bond donors (Lipinski definition) is 1. The van der Waals surface area contributed by atoms with Crippen LogP contribution in [0.3, 0.4) is 0 Å². The number of nitrogens with one attached hydrogen (secondary N) is 1. The molecule has 31 heavy (non-hydrogen) atoms. The molecule has 6 nitrogen and oxygen atoms in total. The van der Waals surface area contributed by atoms with Gasteiger partial charge in [0.15, 0.2) is 0 Å². The molecule has 2 aliphatic rings. The summed E-state index contributed by atoms with van der Waals surface area (Å²) in [6, 6.07) is 6.53. The minimum atomic E-state index is -0.470. The Morgan fingerprint density at radius 1 is 1.06 bits per heavy atom. The van der Waals surface area contributed by atoms with Gasteiger partial charge in [-0.25, -0.2) is 0 Å². The second-order valence-corrected chi connectivity index (χ2v) is 9.83. The number of carbonyl (C=O) groups is 2. The van der Waals surface area contributed by atoms with E-state index in [-0.39, 0.29) is 11.8 Å². The minimum Gasteiger partial charge on any atom is -0.497 e. The van der Waals surface area contributed by atoms with Crippen molar-refractivity contribution in [2.45, 2.75) is 38.1 Å². The summed E-state index contributed by atoms with van der Waals surface area (Å²) in [4.78, 5) is 30.4. The molecule has 2 heterocycles. The molecule has 2 saturated heterocycles. The van der Waals surface area contributed by atoms with Crippen molar-refractivity contribution in [3.8, 4) is 5.75 Å². The van der Waals surface area contributed by atoms with Crippen molar-refractivity contribution in [3.05, 3.63) is 29.8 Å². The molecule has 0 saturated carbocycles. The summed E-state index contributed by atoms with van der Waals surface area (Å²) in [5.74, 6) is 2.94. The quantitative estimate of drug-likeness (QED) is 0.663. The number of carbonyl (C=O) groups excluding carboxylic acids is 2. The topological polar surface area (TPSA) is 61.9 Å². The van der Waals surface area contributed by atoms with E-state index in [0.29, 0.717) is 17.7 Å². The summed E-state index contributed by atoms with van der Waals surface area (Å²) < 4.78 is 5.16. The molecule has 3 rings (SSSR count). The van der Waals surface area contributed by atoms with Crippen LogP contribution in [0.25, 0.3) is 0 Å². The number of rotatable bonds is 8. The lowest BCUT2D eigenvalue weighted by atomic mass is 9.79. The second kappa shape index (κ2) is 11.8. The molecule has 1 atom stereocenters. The molecule has 0 spiro atoms. The Hall–Kier alpha value is -1.73. The van der Waals surface area contributed by atoms with Crippen LogP contribution < -0.4 is 10.1 Å². The molecule has 1 aromatic carbocycles. The average Bonchev–Trinajstić information content (AvgIpc) is 2.82. The smallest absolute Gasteiger partial charge is 0.251 e. The fourth-order valence-electron chi connectivity index (χ4n) is 4.79. The molecule has 0 bridgehead atoms. The van der Waals surface area contributed by atoms with E-state index in [0.717, 1.165) is 43.5 Å². The van der Waals surface area contributed by atoms with E-state index in [2.05, 4.69) is 17.3 Å². The van der Waals surface area contributed by atoms with E-state index in [1.165, 1.54) is 25.9 Å². The van der Waals surface area contributed by atoms with Crippen molar-refractivity contribution in [2.75, 3.05) is 52.3 Å². The number of thioether (sulfide) groups is 1. The van der Waals surface area contributed by atoms with Crippen molar-refractivity contribution < 1.29 is 14.3 Å². The molecule has 7 heteroatoms. The predicted octanol–water partition coefficient (Wildman–Crippen LogP) is 3.13. The first kappa shape index (κ1) is 23.9. The number of benzene rings is 1. The highest BCUT2D eigenvalue weighted by atomic mass is 32.2. The Bertz CT molecular complexity index is 711. The molecule has 1 aromatic rings. The van der Waals surface area contributed by atoms with E-state index < -0.39 is 6.04 Å². The van der Waals surface area contributed by atoms with Crippen LogP contribution in [0.4, 0.5) is 0 Å². The van der Waals surface area contributed by atoms with Crippen molar-refractivity contribution in [2.24, 2.45) is 11.8 Å². The Morgan fingerprint density at radius 3 is 2.19 bits per heavy atom. The van der Waals surface area contributed by atoms with Gasteiger partial charge in [-0.1, -0.05) is 0 Å². The van der Waals surface area contributed by atoms with Crippen LogP contribution in [0.2, 0.25) is 0 Å². The summed E-state index contributed by atoms with van der Waals surface area (Å²) in [7, 11) is 3.80. The Morgan fingerprint density at radius 2 is 1.65 bits per heavy atom. The van der Waals surface area contributed by atoms with Crippen molar-refractivity contribution in [3.63, 3.8) is 0 Å². The second-order valence-electron chi connectivity index (χ2n) is 8.84. The third kappa shape index (κ3) is 6.62. The number of ether oxygens (including phenoxy) is 1. The fourth-order valence-corrected chi connectivity index (χ4v) is 5.26. The maximum Gasteiger partial charge on any atom is 0.251 e. The zero-order valence-corrected chi connectivity index (χ0v) is 20.0. The molecule has 0 radical (unpaired) electrons. The highest BCUT2D eigenvalue weighted by Crippen LogP contribution is 2.32. The summed E-state index contributed by atoms with van der Waals surface area (Å²) in [6.07, 6.45) is 7.41. The van der Waals surface area contributed by atoms with Crippen LogP contribution in [-0.4, -0.2) is 80.0 Å². The zero-order valence-electron chi connectivity index (χ0n) is 19.1. The molecule has 2 fully saturated rings. The summed E-state index contributed by atoms with van der Waals surface area (Å²) in [6.45, 7) is 4.00. The number of piperidine rings is 2. The van der Waals surface area contributed by atoms with Gasteiger partial charge in [-0.05, 0) is 100 Å². The minimum absolute atomic E-state index is 0.0674. The van der Waals surface area contributed by atoms with Gasteiger partial charge in [-0.2, -0.15) is 11.8 Å². The normalized spacial score (nSPS) is 19.8. The molecular weight excluding hydrogens is 410 g/mol. The van der Waals surface area contributed by atoms with E-state index >= 15 is 0 Å². The Balaban J connectivity index is 1.56. The standard InChI is InChI=1S/C24H37N3O3S/c1-26-13-8-18(9-14-26)19-10-15-27(16-11-19)24(29)22(12-17-31-3)25-23(28)20-4-6-21(30-2)7-5-20/h4-7,18-19,22H,8-17H2,1-3H3,(H,25,28)/t22-/m1/s1. The fraction of sp³-hybridized carbons (Fsp3) is 0.667. The van der Waals surface area contributed by atoms with E-state index in [1.807, 2.05) is 11.2 Å². The number of nitrogens with zero attached hydrogens (tertiary/aromatic N) is 2. The monoisotopic (exact) mass is 447 g/mol. The first-order valence-electron chi connectivity index (χ1n) is 11.4. The van der Waals surface area contributed by atoms with Crippen LogP contribution in [0, 0.1) is 11.8 Å². The van der Waals surface area contributed by atoms with E-state index in [1.54, 1.807) is 43.1 Å². The van der Waals surface area contributed by atoms with Gasteiger partial charge in [-0.3, -0.25) is 9.59 Å². The molecule has 2 aliphatic heterocycles. The van der Waals surface area contributed by atoms with Gasteiger partial charge in [-0.15, -0.1) is 0 Å². The van der Waals surface area contributed by atoms with Gasteiger partial charge in [0.25, 0.3) is 5.91 Å². The van der Waals surface area contributed by atoms with Crippen LogP contribution >= 0.6 is 11.8 Å². The molecule has 172 valence electrons. The van der Waals surface area contributed by atoms with Gasteiger partial charge in [0, 0.05) is 18.7 Å². The van der Waals surface area contributed by atoms with Crippen LogP contribution in [0.5, 0.6) is 5.75 Å². The Kier molecular flexibility index (Phi) is 9.08.